The second kappa shape index (κ2) is 8.69. The van der Waals surface area contributed by atoms with Crippen LogP contribution < -0.4 is 5.73 Å². The van der Waals surface area contributed by atoms with Gasteiger partial charge in [-0.2, -0.15) is 5.26 Å². The molecule has 0 spiro atoms. The number of hydrogen-bond acceptors (Lipinski definition) is 8. The number of ether oxygens (including phenoxy) is 1. The minimum Gasteiger partial charge on any atom is -0.378 e. The molecular weight excluding hydrogens is 392 g/mol. The zero-order valence-electron chi connectivity index (χ0n) is 17.1. The predicted octanol–water partition coefficient (Wildman–Crippen LogP) is 2.75. The average Bonchev–Trinajstić information content (AvgIpc) is 3.22. The quantitative estimate of drug-likeness (QED) is 0.512. The maximum Gasteiger partial charge on any atom is 0.221 e. The lowest BCUT2D eigenvalue weighted by atomic mass is 10.0. The summed E-state index contributed by atoms with van der Waals surface area (Å²) in [6.45, 7) is 2.80. The fourth-order valence-corrected chi connectivity index (χ4v) is 3.20. The van der Waals surface area contributed by atoms with E-state index < -0.39 is 0 Å². The van der Waals surface area contributed by atoms with Crippen molar-refractivity contribution < 1.29 is 4.74 Å². The third-order valence-electron chi connectivity index (χ3n) is 4.67. The van der Waals surface area contributed by atoms with Crippen LogP contribution in [0.3, 0.4) is 0 Å². The summed E-state index contributed by atoms with van der Waals surface area (Å²) in [5, 5.41) is 17.6. The number of pyridine rings is 1. The molecule has 0 radical (unpaired) electrons. The van der Waals surface area contributed by atoms with E-state index in [-0.39, 0.29) is 5.95 Å². The van der Waals surface area contributed by atoms with Crippen LogP contribution in [0.25, 0.3) is 22.6 Å². The van der Waals surface area contributed by atoms with Crippen LogP contribution in [-0.2, 0) is 17.9 Å². The number of nitrogens with zero attached hydrogens (tertiary/aromatic N) is 7. The number of aryl methyl sites for hydroxylation is 1. The molecule has 3 heterocycles. The largest absolute Gasteiger partial charge is 0.378 e. The van der Waals surface area contributed by atoms with Gasteiger partial charge in [0.25, 0.3) is 0 Å². The van der Waals surface area contributed by atoms with Crippen LogP contribution in [-0.4, -0.2) is 37.1 Å². The van der Waals surface area contributed by atoms with Gasteiger partial charge in [-0.25, -0.2) is 14.6 Å². The molecule has 9 nitrogen and oxygen atoms in total. The number of aromatic nitrogens is 6. The van der Waals surface area contributed by atoms with Gasteiger partial charge in [0, 0.05) is 12.7 Å². The summed E-state index contributed by atoms with van der Waals surface area (Å²) < 4.78 is 6.83. The van der Waals surface area contributed by atoms with Crippen LogP contribution >= 0.6 is 0 Å². The Morgan fingerprint density at radius 1 is 1.03 bits per heavy atom. The monoisotopic (exact) mass is 412 g/mol. The maximum absolute atomic E-state index is 9.14. The van der Waals surface area contributed by atoms with E-state index in [2.05, 4.69) is 31.3 Å². The Bertz CT molecular complexity index is 1270. The molecule has 0 bridgehead atoms. The molecule has 2 N–H and O–H groups in total. The van der Waals surface area contributed by atoms with Crippen LogP contribution in [0.5, 0.6) is 0 Å². The molecule has 0 unspecified atom stereocenters. The second-order valence-electron chi connectivity index (χ2n) is 6.99. The van der Waals surface area contributed by atoms with Gasteiger partial charge < -0.3 is 10.5 Å². The van der Waals surface area contributed by atoms with Gasteiger partial charge in [-0.3, -0.25) is 4.98 Å². The van der Waals surface area contributed by atoms with E-state index in [4.69, 9.17) is 15.7 Å². The lowest BCUT2D eigenvalue weighted by Gasteiger charge is -2.06. The summed E-state index contributed by atoms with van der Waals surface area (Å²) in [6, 6.07) is 15.3. The molecule has 0 aliphatic rings. The number of anilines is 1. The number of rotatable bonds is 6. The highest BCUT2D eigenvalue weighted by molar-refractivity contribution is 5.68. The third kappa shape index (κ3) is 4.55. The van der Waals surface area contributed by atoms with Gasteiger partial charge in [0.2, 0.25) is 5.95 Å². The average molecular weight is 412 g/mol. The Labute approximate surface area is 179 Å². The van der Waals surface area contributed by atoms with Crippen LogP contribution in [0.2, 0.25) is 0 Å². The number of methoxy groups -OCH3 is 1. The van der Waals surface area contributed by atoms with Gasteiger partial charge in [0.1, 0.15) is 5.69 Å². The molecule has 31 heavy (non-hydrogen) atoms. The van der Waals surface area contributed by atoms with Crippen molar-refractivity contribution in [1.29, 1.82) is 5.26 Å². The van der Waals surface area contributed by atoms with Crippen molar-refractivity contribution in [3.63, 3.8) is 0 Å². The summed E-state index contributed by atoms with van der Waals surface area (Å²) in [5.74, 6) is 0.137. The fourth-order valence-electron chi connectivity index (χ4n) is 3.20. The molecule has 9 heteroatoms. The first-order valence-corrected chi connectivity index (χ1v) is 9.55. The van der Waals surface area contributed by atoms with Crippen molar-refractivity contribution in [3.8, 4) is 28.7 Å². The Hall–Kier alpha value is -4.16. The highest BCUT2D eigenvalue weighted by Gasteiger charge is 2.12. The standard InChI is InChI=1S/C22H20N8O/c1-14-8-15(6-7-16(14)10-23)19-9-20(27-22(24)26-19)21-12-30(29-28-21)11-17-4-3-5-18(25-17)13-31-2/h3-9,12H,11,13H2,1-2H3,(H2,24,26,27). The molecule has 0 aliphatic heterocycles. The summed E-state index contributed by atoms with van der Waals surface area (Å²) in [7, 11) is 1.64. The van der Waals surface area contributed by atoms with E-state index in [1.54, 1.807) is 24.1 Å². The lowest BCUT2D eigenvalue weighted by Crippen LogP contribution is -2.04. The Morgan fingerprint density at radius 2 is 1.84 bits per heavy atom. The first-order valence-electron chi connectivity index (χ1n) is 9.55. The van der Waals surface area contributed by atoms with Gasteiger partial charge in [-0.05, 0) is 42.8 Å². The van der Waals surface area contributed by atoms with Crippen LogP contribution in [0.15, 0.2) is 48.7 Å². The molecule has 0 atom stereocenters. The topological polar surface area (TPSA) is 128 Å². The van der Waals surface area contributed by atoms with Crippen molar-refractivity contribution in [2.75, 3.05) is 12.8 Å². The normalized spacial score (nSPS) is 10.7. The van der Waals surface area contributed by atoms with Gasteiger partial charge in [-0.15, -0.1) is 5.10 Å². The SMILES string of the molecule is COCc1cccc(Cn2cc(-c3cc(-c4ccc(C#N)c(C)c4)nc(N)n3)nn2)n1. The minimum atomic E-state index is 0.137. The number of nitrogen functional groups attached to an aromatic ring is 1. The fraction of sp³-hybridized carbons (Fsp3) is 0.182. The van der Waals surface area contributed by atoms with Crippen molar-refractivity contribution in [3.05, 3.63) is 71.2 Å². The Balaban J connectivity index is 1.61. The highest BCUT2D eigenvalue weighted by atomic mass is 16.5. The summed E-state index contributed by atoms with van der Waals surface area (Å²) in [5.41, 5.74) is 11.8. The Kier molecular flexibility index (Phi) is 5.64. The van der Waals surface area contributed by atoms with Crippen LogP contribution in [0, 0.1) is 18.3 Å². The number of nitriles is 1. The molecule has 3 aromatic heterocycles. The lowest BCUT2D eigenvalue weighted by molar-refractivity contribution is 0.181. The first kappa shape index (κ1) is 20.1. The van der Waals surface area contributed by atoms with Crippen molar-refractivity contribution in [2.24, 2.45) is 0 Å². The molecule has 0 aliphatic carbocycles. The van der Waals surface area contributed by atoms with E-state index in [1.807, 2.05) is 43.3 Å². The van der Waals surface area contributed by atoms with E-state index >= 15 is 0 Å². The zero-order chi connectivity index (χ0) is 21.8. The highest BCUT2D eigenvalue weighted by Crippen LogP contribution is 2.25. The van der Waals surface area contributed by atoms with Gasteiger partial charge in [0.05, 0.1) is 53.8 Å². The first-order chi connectivity index (χ1) is 15.1. The summed E-state index contributed by atoms with van der Waals surface area (Å²) in [6.07, 6.45) is 1.79. The van der Waals surface area contributed by atoms with E-state index in [0.717, 1.165) is 22.5 Å². The second-order valence-corrected chi connectivity index (χ2v) is 6.99. The predicted molar refractivity (Wildman–Crippen MR) is 114 cm³/mol. The summed E-state index contributed by atoms with van der Waals surface area (Å²) in [4.78, 5) is 13.2. The smallest absolute Gasteiger partial charge is 0.221 e. The van der Waals surface area contributed by atoms with Crippen LogP contribution in [0.4, 0.5) is 5.95 Å². The molecule has 0 amide bonds. The molecule has 4 aromatic rings. The van der Waals surface area contributed by atoms with Gasteiger partial charge in [0.15, 0.2) is 0 Å². The third-order valence-corrected chi connectivity index (χ3v) is 4.67. The molecule has 1 aromatic carbocycles. The number of benzene rings is 1. The molecule has 154 valence electrons. The molecule has 0 saturated heterocycles. The van der Waals surface area contributed by atoms with Crippen molar-refractivity contribution >= 4 is 5.95 Å². The van der Waals surface area contributed by atoms with Gasteiger partial charge >= 0.3 is 0 Å². The number of hydrogen-bond donors (Lipinski definition) is 1. The zero-order valence-corrected chi connectivity index (χ0v) is 17.1. The van der Waals surface area contributed by atoms with E-state index in [0.29, 0.717) is 35.8 Å². The van der Waals surface area contributed by atoms with E-state index in [1.165, 1.54) is 0 Å². The van der Waals surface area contributed by atoms with E-state index in [9.17, 15) is 0 Å². The molecule has 0 saturated carbocycles. The Morgan fingerprint density at radius 3 is 2.61 bits per heavy atom. The van der Waals surface area contributed by atoms with Crippen LogP contribution in [0.1, 0.15) is 22.5 Å². The minimum absolute atomic E-state index is 0.137. The molecule has 4 rings (SSSR count). The van der Waals surface area contributed by atoms with Crippen molar-refractivity contribution in [1.82, 2.24) is 29.9 Å². The maximum atomic E-state index is 9.14. The molecule has 0 fully saturated rings. The van der Waals surface area contributed by atoms with Crippen molar-refractivity contribution in [2.45, 2.75) is 20.1 Å². The van der Waals surface area contributed by atoms with Gasteiger partial charge in [-0.1, -0.05) is 17.3 Å². The molecular formula is C22H20N8O. The summed E-state index contributed by atoms with van der Waals surface area (Å²) >= 11 is 0. The number of nitrogens with two attached hydrogens (primary N) is 1.